The smallest absolute Gasteiger partial charge is 0.0579 e. The maximum Gasteiger partial charge on any atom is 0.0579 e. The summed E-state index contributed by atoms with van der Waals surface area (Å²) in [5, 5.41) is 0. The van der Waals surface area contributed by atoms with Crippen LogP contribution in [-0.4, -0.2) is 13.8 Å². The summed E-state index contributed by atoms with van der Waals surface area (Å²) >= 11 is 4.24. The van der Waals surface area contributed by atoms with Crippen LogP contribution >= 0.6 is 12.6 Å². The van der Waals surface area contributed by atoms with Crippen molar-refractivity contribution in [1.82, 2.24) is 0 Å². The highest BCUT2D eigenvalue weighted by molar-refractivity contribution is 7.80. The molecule has 0 unspecified atom stereocenters. The molecule has 70 valence electrons. The predicted molar refractivity (Wildman–Crippen MR) is 64.9 cm³/mol. The van der Waals surface area contributed by atoms with Crippen molar-refractivity contribution in [3.8, 4) is 0 Å². The van der Waals surface area contributed by atoms with Crippen molar-refractivity contribution in [3.05, 3.63) is 25.3 Å². The first kappa shape index (κ1) is 12.0. The third kappa shape index (κ3) is 4.83. The second-order valence-corrected chi connectivity index (χ2v) is 9.01. The summed E-state index contributed by atoms with van der Waals surface area (Å²) in [6.45, 7) is 10.1. The van der Waals surface area contributed by atoms with Crippen molar-refractivity contribution in [2.24, 2.45) is 0 Å². The number of rotatable bonds is 7. The molecule has 0 aliphatic carbocycles. The topological polar surface area (TPSA) is 0 Å². The van der Waals surface area contributed by atoms with Crippen LogP contribution in [0.25, 0.3) is 0 Å². The van der Waals surface area contributed by atoms with Gasteiger partial charge in [-0.1, -0.05) is 24.7 Å². The number of hydrogen-bond acceptors (Lipinski definition) is 1. The van der Waals surface area contributed by atoms with Gasteiger partial charge in [0, 0.05) is 0 Å². The lowest BCUT2D eigenvalue weighted by Gasteiger charge is -2.24. The van der Waals surface area contributed by atoms with Gasteiger partial charge in [0.1, 0.15) is 0 Å². The quantitative estimate of drug-likeness (QED) is 0.361. The van der Waals surface area contributed by atoms with Gasteiger partial charge in [0.2, 0.25) is 0 Å². The van der Waals surface area contributed by atoms with Gasteiger partial charge in [-0.25, -0.2) is 0 Å². The van der Waals surface area contributed by atoms with Gasteiger partial charge in [-0.3, -0.25) is 0 Å². The van der Waals surface area contributed by atoms with E-state index in [4.69, 9.17) is 0 Å². The van der Waals surface area contributed by atoms with Crippen LogP contribution < -0.4 is 0 Å². The zero-order chi connectivity index (χ0) is 9.45. The maximum atomic E-state index is 4.24. The standard InChI is InChI=1S/C10H20SSi/c1-4-8-12(3,9-5-2)10-6-7-11/h4-5,11H,1-2,6-10H2,3H3. The van der Waals surface area contributed by atoms with Crippen molar-refractivity contribution in [2.75, 3.05) is 5.75 Å². The first-order valence-corrected chi connectivity index (χ1v) is 8.26. The summed E-state index contributed by atoms with van der Waals surface area (Å²) in [4.78, 5) is 0. The van der Waals surface area contributed by atoms with Gasteiger partial charge < -0.3 is 0 Å². The van der Waals surface area contributed by atoms with Crippen LogP contribution in [0.2, 0.25) is 24.7 Å². The minimum Gasteiger partial charge on any atom is -0.179 e. The first-order chi connectivity index (χ1) is 5.68. The van der Waals surface area contributed by atoms with Gasteiger partial charge in [0.15, 0.2) is 0 Å². The summed E-state index contributed by atoms with van der Waals surface area (Å²) in [6.07, 6.45) is 5.37. The maximum absolute atomic E-state index is 4.24. The van der Waals surface area contributed by atoms with Gasteiger partial charge >= 0.3 is 0 Å². The average Bonchev–Trinajstić information content (AvgIpc) is 2.02. The molecular formula is C10H20SSi. The van der Waals surface area contributed by atoms with E-state index in [-0.39, 0.29) is 0 Å². The first-order valence-electron chi connectivity index (χ1n) is 4.51. The Kier molecular flexibility index (Phi) is 6.58. The van der Waals surface area contributed by atoms with E-state index in [2.05, 4.69) is 44.5 Å². The SMILES string of the molecule is C=CC[Si](C)(CC=C)CCCS. The molecule has 0 aromatic rings. The normalized spacial score (nSPS) is 11.2. The Morgan fingerprint density at radius 1 is 1.25 bits per heavy atom. The Labute approximate surface area is 83.2 Å². The highest BCUT2D eigenvalue weighted by atomic mass is 32.1. The second-order valence-electron chi connectivity index (χ2n) is 3.62. The fraction of sp³-hybridized carbons (Fsp3) is 0.600. The largest absolute Gasteiger partial charge is 0.179 e. The highest BCUT2D eigenvalue weighted by Crippen LogP contribution is 2.23. The van der Waals surface area contributed by atoms with Crippen molar-refractivity contribution in [3.63, 3.8) is 0 Å². The lowest BCUT2D eigenvalue weighted by molar-refractivity contribution is 1.05. The minimum absolute atomic E-state index is 1.01. The molecule has 0 N–H and O–H groups in total. The van der Waals surface area contributed by atoms with E-state index in [0.29, 0.717) is 0 Å². The molecule has 0 nitrogen and oxygen atoms in total. The van der Waals surface area contributed by atoms with E-state index in [1.807, 2.05) is 0 Å². The van der Waals surface area contributed by atoms with Crippen LogP contribution in [0.15, 0.2) is 25.3 Å². The molecule has 0 amide bonds. The molecule has 0 aliphatic rings. The van der Waals surface area contributed by atoms with Gasteiger partial charge in [0.25, 0.3) is 0 Å². The van der Waals surface area contributed by atoms with E-state index >= 15 is 0 Å². The number of hydrogen-bond donors (Lipinski definition) is 1. The van der Waals surface area contributed by atoms with E-state index in [1.54, 1.807) is 0 Å². The summed E-state index contributed by atoms with van der Waals surface area (Å²) < 4.78 is 0. The lowest BCUT2D eigenvalue weighted by atomic mass is 10.6. The molecule has 0 heterocycles. The van der Waals surface area contributed by atoms with Crippen molar-refractivity contribution >= 4 is 20.7 Å². The van der Waals surface area contributed by atoms with Crippen LogP contribution in [0.4, 0.5) is 0 Å². The fourth-order valence-electron chi connectivity index (χ4n) is 1.49. The zero-order valence-electron chi connectivity index (χ0n) is 8.05. The van der Waals surface area contributed by atoms with Gasteiger partial charge in [-0.15, -0.1) is 13.2 Å². The average molecular weight is 200 g/mol. The van der Waals surface area contributed by atoms with E-state index in [9.17, 15) is 0 Å². The van der Waals surface area contributed by atoms with Crippen LogP contribution in [0.3, 0.4) is 0 Å². The van der Waals surface area contributed by atoms with Crippen molar-refractivity contribution in [1.29, 1.82) is 0 Å². The van der Waals surface area contributed by atoms with Crippen LogP contribution in [0.5, 0.6) is 0 Å². The Hall–Kier alpha value is 0.0469. The molecule has 0 atom stereocenters. The molecule has 0 rings (SSSR count). The summed E-state index contributed by atoms with van der Waals surface area (Å²) in [5.74, 6) is 1.01. The summed E-state index contributed by atoms with van der Waals surface area (Å²) in [5.41, 5.74) is 0. The van der Waals surface area contributed by atoms with E-state index in [0.717, 1.165) is 5.75 Å². The third-order valence-electron chi connectivity index (χ3n) is 2.21. The van der Waals surface area contributed by atoms with Crippen LogP contribution in [-0.2, 0) is 0 Å². The van der Waals surface area contributed by atoms with Crippen LogP contribution in [0, 0.1) is 0 Å². The summed E-state index contributed by atoms with van der Waals surface area (Å²) in [6, 6.07) is 3.79. The molecule has 12 heavy (non-hydrogen) atoms. The van der Waals surface area contributed by atoms with E-state index < -0.39 is 8.07 Å². The second kappa shape index (κ2) is 6.55. The zero-order valence-corrected chi connectivity index (χ0v) is 9.95. The molecule has 2 heteroatoms. The Morgan fingerprint density at radius 2 is 1.75 bits per heavy atom. The fourth-order valence-corrected chi connectivity index (χ4v) is 4.94. The molecule has 0 bridgehead atoms. The molecule has 0 spiro atoms. The number of allylic oxidation sites excluding steroid dienone is 2. The van der Waals surface area contributed by atoms with Gasteiger partial charge in [-0.05, 0) is 24.3 Å². The van der Waals surface area contributed by atoms with Crippen molar-refractivity contribution < 1.29 is 0 Å². The molecule has 0 fully saturated rings. The molecular weight excluding hydrogens is 180 g/mol. The molecule has 0 saturated carbocycles. The van der Waals surface area contributed by atoms with Gasteiger partial charge in [-0.2, -0.15) is 12.6 Å². The van der Waals surface area contributed by atoms with E-state index in [1.165, 1.54) is 24.6 Å². The Balaban J connectivity index is 3.96. The van der Waals surface area contributed by atoms with Gasteiger partial charge in [0.05, 0.1) is 8.07 Å². The van der Waals surface area contributed by atoms with Crippen LogP contribution in [0.1, 0.15) is 6.42 Å². The molecule has 0 saturated heterocycles. The lowest BCUT2D eigenvalue weighted by Crippen LogP contribution is -2.27. The molecule has 0 radical (unpaired) electrons. The minimum atomic E-state index is -1.06. The third-order valence-corrected chi connectivity index (χ3v) is 6.64. The molecule has 0 aromatic heterocycles. The summed E-state index contributed by atoms with van der Waals surface area (Å²) in [7, 11) is -1.06. The molecule has 0 aliphatic heterocycles. The monoisotopic (exact) mass is 200 g/mol. The Bertz CT molecular complexity index is 133. The number of thiol groups is 1. The van der Waals surface area contributed by atoms with Crippen molar-refractivity contribution in [2.45, 2.75) is 31.1 Å². The molecule has 0 aromatic carbocycles. The Morgan fingerprint density at radius 3 is 2.08 bits per heavy atom. The highest BCUT2D eigenvalue weighted by Gasteiger charge is 2.22. The predicted octanol–water partition coefficient (Wildman–Crippen LogP) is 3.76.